The molecule has 0 N–H and O–H groups in total. The zero-order chi connectivity index (χ0) is 13.5. The van der Waals surface area contributed by atoms with Gasteiger partial charge < -0.3 is 4.42 Å². The molecule has 0 saturated heterocycles. The van der Waals surface area contributed by atoms with Crippen LogP contribution in [0.4, 0.5) is 0 Å². The molecule has 0 atom stereocenters. The zero-order valence-corrected chi connectivity index (χ0v) is 10.7. The van der Waals surface area contributed by atoms with E-state index < -0.39 is 0 Å². The lowest BCUT2D eigenvalue weighted by Gasteiger charge is -2.00. The molecule has 0 bridgehead atoms. The normalized spacial score (nSPS) is 14.8. The number of hydrogen-bond donors (Lipinski definition) is 0. The van der Waals surface area contributed by atoms with E-state index in [-0.39, 0.29) is 12.2 Å². The summed E-state index contributed by atoms with van der Waals surface area (Å²) in [5.74, 6) is 1.23. The fraction of sp³-hybridized carbons (Fsp3) is 0.286. The second-order valence-corrected chi connectivity index (χ2v) is 5.05. The van der Waals surface area contributed by atoms with Crippen molar-refractivity contribution in [3.8, 4) is 0 Å². The van der Waals surface area contributed by atoms with Crippen LogP contribution in [0, 0.1) is 0 Å². The Morgan fingerprint density at radius 2 is 2.15 bits per heavy atom. The summed E-state index contributed by atoms with van der Waals surface area (Å²) in [6.45, 7) is 0.285. The van der Waals surface area contributed by atoms with Gasteiger partial charge in [-0.15, -0.1) is 10.2 Å². The molecule has 0 aliphatic heterocycles. The molecular formula is C14H12N4O2. The lowest BCUT2D eigenvalue weighted by molar-refractivity contribution is 0.518. The van der Waals surface area contributed by atoms with E-state index in [1.165, 1.54) is 4.80 Å². The summed E-state index contributed by atoms with van der Waals surface area (Å²) < 4.78 is 5.29. The SMILES string of the molecule is O=c1oc2ccccc2cc1Cn1nnc(C2CC2)n1. The van der Waals surface area contributed by atoms with Gasteiger partial charge in [-0.1, -0.05) is 18.2 Å². The first-order valence-corrected chi connectivity index (χ1v) is 6.59. The van der Waals surface area contributed by atoms with Gasteiger partial charge in [-0.3, -0.25) is 0 Å². The van der Waals surface area contributed by atoms with Crippen LogP contribution in [0.1, 0.15) is 30.1 Å². The maximum atomic E-state index is 11.9. The van der Waals surface area contributed by atoms with E-state index in [4.69, 9.17) is 4.42 Å². The first kappa shape index (κ1) is 11.3. The van der Waals surface area contributed by atoms with Gasteiger partial charge in [0, 0.05) is 11.3 Å². The van der Waals surface area contributed by atoms with Crippen molar-refractivity contribution in [2.45, 2.75) is 25.3 Å². The number of tetrazole rings is 1. The number of rotatable bonds is 3. The third kappa shape index (κ3) is 1.99. The Kier molecular flexibility index (Phi) is 2.42. The van der Waals surface area contributed by atoms with Crippen LogP contribution in [0.2, 0.25) is 0 Å². The van der Waals surface area contributed by atoms with E-state index in [9.17, 15) is 4.79 Å². The second-order valence-electron chi connectivity index (χ2n) is 5.05. The van der Waals surface area contributed by atoms with E-state index in [0.717, 1.165) is 24.1 Å². The van der Waals surface area contributed by atoms with Crippen molar-refractivity contribution in [1.29, 1.82) is 0 Å². The lowest BCUT2D eigenvalue weighted by atomic mass is 10.2. The minimum atomic E-state index is -0.353. The molecule has 0 unspecified atom stereocenters. The Labute approximate surface area is 114 Å². The summed E-state index contributed by atoms with van der Waals surface area (Å²) in [5.41, 5.74) is 0.767. The standard InChI is InChI=1S/C14H12N4O2/c19-14-11(7-10-3-1-2-4-12(10)20-14)8-18-16-13(15-17-18)9-5-6-9/h1-4,7,9H,5-6,8H2. The van der Waals surface area contributed by atoms with Gasteiger partial charge in [0.15, 0.2) is 5.82 Å². The van der Waals surface area contributed by atoms with Gasteiger partial charge in [-0.25, -0.2) is 4.79 Å². The van der Waals surface area contributed by atoms with Crippen LogP contribution in [-0.4, -0.2) is 20.2 Å². The molecule has 3 aromatic rings. The van der Waals surface area contributed by atoms with Crippen LogP contribution >= 0.6 is 0 Å². The highest BCUT2D eigenvalue weighted by atomic mass is 16.4. The molecule has 1 aromatic carbocycles. The molecule has 2 heterocycles. The summed E-state index contributed by atoms with van der Waals surface area (Å²) in [5, 5.41) is 13.2. The Balaban J connectivity index is 1.69. The molecule has 1 fully saturated rings. The Morgan fingerprint density at radius 1 is 1.30 bits per heavy atom. The number of aromatic nitrogens is 4. The highest BCUT2D eigenvalue weighted by Crippen LogP contribution is 2.37. The first-order chi connectivity index (χ1) is 9.79. The largest absolute Gasteiger partial charge is 0.422 e. The van der Waals surface area contributed by atoms with Crippen molar-refractivity contribution in [2.75, 3.05) is 0 Å². The highest BCUT2D eigenvalue weighted by molar-refractivity contribution is 5.76. The van der Waals surface area contributed by atoms with Gasteiger partial charge in [0.05, 0.1) is 12.1 Å². The topological polar surface area (TPSA) is 73.8 Å². The maximum absolute atomic E-state index is 11.9. The van der Waals surface area contributed by atoms with Gasteiger partial charge in [0.1, 0.15) is 5.58 Å². The van der Waals surface area contributed by atoms with Crippen LogP contribution in [0.5, 0.6) is 0 Å². The molecule has 100 valence electrons. The van der Waals surface area contributed by atoms with E-state index >= 15 is 0 Å². The summed E-state index contributed by atoms with van der Waals surface area (Å²) in [7, 11) is 0. The van der Waals surface area contributed by atoms with Crippen molar-refractivity contribution in [3.05, 3.63) is 52.1 Å². The van der Waals surface area contributed by atoms with E-state index in [2.05, 4.69) is 15.4 Å². The number of para-hydroxylation sites is 1. The average molecular weight is 268 g/mol. The summed E-state index contributed by atoms with van der Waals surface area (Å²) in [6.07, 6.45) is 2.26. The fourth-order valence-corrected chi connectivity index (χ4v) is 2.19. The Morgan fingerprint density at radius 3 is 3.00 bits per heavy atom. The van der Waals surface area contributed by atoms with Crippen molar-refractivity contribution in [2.24, 2.45) is 0 Å². The monoisotopic (exact) mass is 268 g/mol. The van der Waals surface area contributed by atoms with Gasteiger partial charge >= 0.3 is 5.63 Å². The predicted molar refractivity (Wildman–Crippen MR) is 71.4 cm³/mol. The minimum Gasteiger partial charge on any atom is -0.422 e. The number of benzene rings is 1. The molecular weight excluding hydrogens is 256 g/mol. The molecule has 6 heteroatoms. The van der Waals surface area contributed by atoms with Crippen molar-refractivity contribution in [3.63, 3.8) is 0 Å². The quantitative estimate of drug-likeness (QED) is 0.676. The summed E-state index contributed by atoms with van der Waals surface area (Å²) in [4.78, 5) is 13.4. The van der Waals surface area contributed by atoms with Crippen LogP contribution < -0.4 is 5.63 Å². The Bertz CT molecular complexity index is 832. The van der Waals surface area contributed by atoms with Crippen molar-refractivity contribution >= 4 is 11.0 Å². The van der Waals surface area contributed by atoms with E-state index in [0.29, 0.717) is 17.1 Å². The number of nitrogens with zero attached hydrogens (tertiary/aromatic N) is 4. The summed E-state index contributed by atoms with van der Waals surface area (Å²) in [6, 6.07) is 9.25. The van der Waals surface area contributed by atoms with Crippen molar-refractivity contribution < 1.29 is 4.42 Å². The smallest absolute Gasteiger partial charge is 0.341 e. The molecule has 0 radical (unpaired) electrons. The fourth-order valence-electron chi connectivity index (χ4n) is 2.19. The van der Waals surface area contributed by atoms with E-state index in [1.54, 1.807) is 6.07 Å². The maximum Gasteiger partial charge on any atom is 0.341 e. The summed E-state index contributed by atoms with van der Waals surface area (Å²) >= 11 is 0. The van der Waals surface area contributed by atoms with Crippen LogP contribution in [0.3, 0.4) is 0 Å². The molecule has 20 heavy (non-hydrogen) atoms. The molecule has 0 amide bonds. The van der Waals surface area contributed by atoms with Gasteiger partial charge in [0.2, 0.25) is 0 Å². The second kappa shape index (κ2) is 4.26. The molecule has 1 aliphatic carbocycles. The molecule has 6 nitrogen and oxygen atoms in total. The average Bonchev–Trinajstić information content (AvgIpc) is 3.20. The predicted octanol–water partition coefficient (Wildman–Crippen LogP) is 1.71. The van der Waals surface area contributed by atoms with Gasteiger partial charge in [-0.05, 0) is 30.2 Å². The highest BCUT2D eigenvalue weighted by Gasteiger charge is 2.28. The van der Waals surface area contributed by atoms with Crippen LogP contribution in [0.15, 0.2) is 39.5 Å². The number of fused-ring (bicyclic) bond motifs is 1. The van der Waals surface area contributed by atoms with Gasteiger partial charge in [0.25, 0.3) is 0 Å². The molecule has 1 saturated carbocycles. The molecule has 0 spiro atoms. The third-order valence-corrected chi connectivity index (χ3v) is 3.44. The zero-order valence-electron chi connectivity index (χ0n) is 10.7. The molecule has 1 aliphatic rings. The number of hydrogen-bond acceptors (Lipinski definition) is 5. The first-order valence-electron chi connectivity index (χ1n) is 6.59. The van der Waals surface area contributed by atoms with E-state index in [1.807, 2.05) is 24.3 Å². The van der Waals surface area contributed by atoms with Crippen LogP contribution in [0.25, 0.3) is 11.0 Å². The molecule has 2 aromatic heterocycles. The Hall–Kier alpha value is -2.50. The lowest BCUT2D eigenvalue weighted by Crippen LogP contribution is -2.13. The van der Waals surface area contributed by atoms with Crippen LogP contribution in [-0.2, 0) is 6.54 Å². The van der Waals surface area contributed by atoms with Crippen molar-refractivity contribution in [1.82, 2.24) is 20.2 Å². The molecule has 4 rings (SSSR count). The minimum absolute atomic E-state index is 0.285. The van der Waals surface area contributed by atoms with Gasteiger partial charge in [-0.2, -0.15) is 4.80 Å². The third-order valence-electron chi connectivity index (χ3n) is 3.44.